The molecule has 0 bridgehead atoms. The second kappa shape index (κ2) is 8.79. The van der Waals surface area contributed by atoms with Crippen molar-refractivity contribution in [2.24, 2.45) is 0 Å². The molecule has 6 heteroatoms. The van der Waals surface area contributed by atoms with Crippen molar-refractivity contribution in [1.82, 2.24) is 0 Å². The van der Waals surface area contributed by atoms with Crippen LogP contribution in [0.2, 0.25) is 0 Å². The molecule has 0 radical (unpaired) electrons. The molecule has 6 nitrogen and oxygen atoms in total. The number of hydrogen-bond donors (Lipinski definition) is 4. The molecule has 5 atom stereocenters. The zero-order valence-corrected chi connectivity index (χ0v) is 10.6. The van der Waals surface area contributed by atoms with E-state index < -0.39 is 37.3 Å². The van der Waals surface area contributed by atoms with Gasteiger partial charge in [0.25, 0.3) is 0 Å². The van der Waals surface area contributed by atoms with Gasteiger partial charge in [-0.15, -0.1) is 0 Å². The van der Waals surface area contributed by atoms with Crippen molar-refractivity contribution in [3.05, 3.63) is 0 Å². The van der Waals surface area contributed by atoms with Crippen LogP contribution in [0.25, 0.3) is 0 Å². The van der Waals surface area contributed by atoms with Crippen molar-refractivity contribution >= 4 is 0 Å². The maximum Gasteiger partial charge on any atom is 0.186 e. The molecule has 1 aliphatic heterocycles. The molecule has 0 aromatic rings. The van der Waals surface area contributed by atoms with Crippen LogP contribution in [0.3, 0.4) is 0 Å². The highest BCUT2D eigenvalue weighted by atomic mass is 16.7. The molecule has 1 fully saturated rings. The molecule has 5 unspecified atom stereocenters. The molecule has 0 amide bonds. The molecule has 0 aromatic carbocycles. The van der Waals surface area contributed by atoms with Crippen LogP contribution in [-0.4, -0.2) is 64.3 Å². The maximum atomic E-state index is 9.51. The third kappa shape index (κ3) is 4.50. The van der Waals surface area contributed by atoms with Crippen LogP contribution in [0, 0.1) is 0 Å². The largest absolute Gasteiger partial charge is 0.394 e. The van der Waals surface area contributed by atoms with E-state index in [0.717, 1.165) is 6.42 Å². The molecule has 0 aromatic heterocycles. The normalized spacial score (nSPS) is 37.2. The number of aliphatic hydroxyl groups is 4. The Labute approximate surface area is 102 Å². The zero-order chi connectivity index (χ0) is 13.4. The van der Waals surface area contributed by atoms with Gasteiger partial charge in [-0.25, -0.2) is 0 Å². The number of rotatable bonds is 4. The minimum atomic E-state index is -1.36. The zero-order valence-electron chi connectivity index (χ0n) is 10.6. The summed E-state index contributed by atoms with van der Waals surface area (Å²) in [5.41, 5.74) is 0. The molecule has 0 spiro atoms. The number of hydrogen-bond acceptors (Lipinski definition) is 6. The summed E-state index contributed by atoms with van der Waals surface area (Å²) in [6.07, 6.45) is -5.14. The van der Waals surface area contributed by atoms with Gasteiger partial charge in [0, 0.05) is 6.61 Å². The van der Waals surface area contributed by atoms with E-state index >= 15 is 0 Å². The molecule has 0 aliphatic carbocycles. The Morgan fingerprint density at radius 1 is 1.06 bits per heavy atom. The van der Waals surface area contributed by atoms with Gasteiger partial charge >= 0.3 is 0 Å². The average molecular weight is 252 g/mol. The van der Waals surface area contributed by atoms with Crippen molar-refractivity contribution in [3.8, 4) is 0 Å². The lowest BCUT2D eigenvalue weighted by Gasteiger charge is -2.39. The summed E-state index contributed by atoms with van der Waals surface area (Å²) < 4.78 is 10.2. The van der Waals surface area contributed by atoms with Crippen LogP contribution >= 0.6 is 0 Å². The minimum absolute atomic E-state index is 0.378. The van der Waals surface area contributed by atoms with Crippen molar-refractivity contribution in [3.63, 3.8) is 0 Å². The Balaban J connectivity index is 0.00000121. The predicted octanol–water partition coefficient (Wildman–Crippen LogP) is -0.761. The lowest BCUT2D eigenvalue weighted by atomic mass is 9.99. The molecular weight excluding hydrogens is 228 g/mol. The quantitative estimate of drug-likeness (QED) is 0.525. The number of ether oxygens (including phenoxy) is 2. The fourth-order valence-corrected chi connectivity index (χ4v) is 1.44. The van der Waals surface area contributed by atoms with E-state index in [1.807, 2.05) is 20.8 Å². The van der Waals surface area contributed by atoms with Gasteiger partial charge in [0.1, 0.15) is 24.4 Å². The summed E-state index contributed by atoms with van der Waals surface area (Å²) in [4.78, 5) is 0. The molecule has 1 rings (SSSR count). The van der Waals surface area contributed by atoms with Crippen molar-refractivity contribution < 1.29 is 29.9 Å². The van der Waals surface area contributed by atoms with Gasteiger partial charge in [-0.2, -0.15) is 0 Å². The first-order valence-electron chi connectivity index (χ1n) is 6.04. The topological polar surface area (TPSA) is 99.4 Å². The first-order valence-corrected chi connectivity index (χ1v) is 6.04. The van der Waals surface area contributed by atoms with E-state index in [2.05, 4.69) is 0 Å². The third-order valence-electron chi connectivity index (χ3n) is 2.33. The summed E-state index contributed by atoms with van der Waals surface area (Å²) in [7, 11) is 0. The highest BCUT2D eigenvalue weighted by Gasteiger charge is 2.43. The Hall–Kier alpha value is -0.240. The van der Waals surface area contributed by atoms with Gasteiger partial charge in [0.2, 0.25) is 0 Å². The fraction of sp³-hybridized carbons (Fsp3) is 1.00. The SMILES string of the molecule is CC.CCCOC1OC(CO)C(O)C(O)C1O. The second-order valence-corrected chi connectivity index (χ2v) is 3.57. The van der Waals surface area contributed by atoms with Gasteiger partial charge in [0.15, 0.2) is 6.29 Å². The summed E-state index contributed by atoms with van der Waals surface area (Å²) >= 11 is 0. The molecular formula is C11H24O6. The molecule has 1 aliphatic rings. The Kier molecular flexibility index (Phi) is 8.67. The van der Waals surface area contributed by atoms with E-state index in [-0.39, 0.29) is 0 Å². The molecule has 17 heavy (non-hydrogen) atoms. The first-order chi connectivity index (χ1) is 8.11. The Morgan fingerprint density at radius 3 is 2.12 bits per heavy atom. The Bertz CT molecular complexity index is 187. The van der Waals surface area contributed by atoms with Crippen LogP contribution in [0.15, 0.2) is 0 Å². The van der Waals surface area contributed by atoms with E-state index in [1.54, 1.807) is 0 Å². The molecule has 4 N–H and O–H groups in total. The molecule has 0 saturated carbocycles. The Morgan fingerprint density at radius 2 is 1.65 bits per heavy atom. The van der Waals surface area contributed by atoms with Crippen molar-refractivity contribution in [2.45, 2.75) is 57.9 Å². The van der Waals surface area contributed by atoms with Gasteiger partial charge < -0.3 is 29.9 Å². The van der Waals surface area contributed by atoms with E-state index in [4.69, 9.17) is 14.6 Å². The first kappa shape index (κ1) is 16.8. The third-order valence-corrected chi connectivity index (χ3v) is 2.33. The van der Waals surface area contributed by atoms with Gasteiger partial charge in [-0.3, -0.25) is 0 Å². The van der Waals surface area contributed by atoms with Crippen molar-refractivity contribution in [2.75, 3.05) is 13.2 Å². The van der Waals surface area contributed by atoms with Crippen LogP contribution in [0.1, 0.15) is 27.2 Å². The highest BCUT2D eigenvalue weighted by molar-refractivity contribution is 4.88. The minimum Gasteiger partial charge on any atom is -0.394 e. The monoisotopic (exact) mass is 252 g/mol. The number of aliphatic hydroxyl groups excluding tert-OH is 4. The van der Waals surface area contributed by atoms with E-state index in [1.165, 1.54) is 0 Å². The summed E-state index contributed by atoms with van der Waals surface area (Å²) in [6.45, 7) is 5.84. The van der Waals surface area contributed by atoms with E-state index in [0.29, 0.717) is 6.61 Å². The lowest BCUT2D eigenvalue weighted by Crippen LogP contribution is -2.59. The van der Waals surface area contributed by atoms with Crippen LogP contribution < -0.4 is 0 Å². The van der Waals surface area contributed by atoms with Crippen LogP contribution in [0.5, 0.6) is 0 Å². The molecule has 1 saturated heterocycles. The van der Waals surface area contributed by atoms with Gasteiger partial charge in [0.05, 0.1) is 6.61 Å². The van der Waals surface area contributed by atoms with Crippen LogP contribution in [-0.2, 0) is 9.47 Å². The fourth-order valence-electron chi connectivity index (χ4n) is 1.44. The van der Waals surface area contributed by atoms with Crippen LogP contribution in [0.4, 0.5) is 0 Å². The maximum absolute atomic E-state index is 9.51. The summed E-state index contributed by atoms with van der Waals surface area (Å²) in [5.74, 6) is 0. The average Bonchev–Trinajstić information content (AvgIpc) is 2.38. The molecule has 1 heterocycles. The smallest absolute Gasteiger partial charge is 0.186 e. The lowest BCUT2D eigenvalue weighted by molar-refractivity contribution is -0.300. The summed E-state index contributed by atoms with van der Waals surface area (Å²) in [5, 5.41) is 37.2. The van der Waals surface area contributed by atoms with E-state index in [9.17, 15) is 15.3 Å². The second-order valence-electron chi connectivity index (χ2n) is 3.57. The van der Waals surface area contributed by atoms with Gasteiger partial charge in [-0.1, -0.05) is 20.8 Å². The molecule has 104 valence electrons. The van der Waals surface area contributed by atoms with Crippen molar-refractivity contribution in [1.29, 1.82) is 0 Å². The summed E-state index contributed by atoms with van der Waals surface area (Å²) in [6, 6.07) is 0. The highest BCUT2D eigenvalue weighted by Crippen LogP contribution is 2.21. The van der Waals surface area contributed by atoms with Gasteiger partial charge in [-0.05, 0) is 6.42 Å². The standard InChI is InChI=1S/C9H18O6.C2H6/c1-2-3-14-9-8(13)7(12)6(11)5(4-10)15-9;1-2/h5-13H,2-4H2,1H3;1-2H3. The predicted molar refractivity (Wildman–Crippen MR) is 61.4 cm³/mol.